The normalized spacial score (nSPS) is 11.3. The van der Waals surface area contributed by atoms with E-state index < -0.39 is 11.7 Å². The minimum Gasteiger partial charge on any atom is -0.492 e. The molecule has 0 fully saturated rings. The van der Waals surface area contributed by atoms with Crippen molar-refractivity contribution in [2.75, 3.05) is 5.43 Å². The Morgan fingerprint density at radius 3 is 2.48 bits per heavy atom. The van der Waals surface area contributed by atoms with Gasteiger partial charge in [0.05, 0.1) is 12.2 Å². The van der Waals surface area contributed by atoms with Gasteiger partial charge in [0.2, 0.25) is 10.7 Å². The standard InChI is InChI=1S/C16H21N3O3S/c1-11-13(20)19(17-14(21)22-16(2,3)4)15(23)18(11)10-12-8-6-5-7-9-12/h5-9,20H,10H2,1-4H3,(H,17,21). The van der Waals surface area contributed by atoms with Gasteiger partial charge in [-0.1, -0.05) is 30.3 Å². The molecule has 1 aromatic carbocycles. The highest BCUT2D eigenvalue weighted by atomic mass is 32.1. The lowest BCUT2D eigenvalue weighted by atomic mass is 10.2. The van der Waals surface area contributed by atoms with Gasteiger partial charge in [0, 0.05) is 0 Å². The summed E-state index contributed by atoms with van der Waals surface area (Å²) in [7, 11) is 0. The van der Waals surface area contributed by atoms with Gasteiger partial charge in [-0.3, -0.25) is 0 Å². The lowest BCUT2D eigenvalue weighted by Crippen LogP contribution is -2.31. The Kier molecular flexibility index (Phi) is 4.79. The van der Waals surface area contributed by atoms with Crippen LogP contribution in [0.25, 0.3) is 0 Å². The molecular formula is C16H21N3O3S. The predicted molar refractivity (Wildman–Crippen MR) is 90.8 cm³/mol. The summed E-state index contributed by atoms with van der Waals surface area (Å²) >= 11 is 5.35. The summed E-state index contributed by atoms with van der Waals surface area (Å²) in [5.74, 6) is -0.114. The molecule has 0 bridgehead atoms. The Morgan fingerprint density at radius 1 is 1.30 bits per heavy atom. The summed E-state index contributed by atoms with van der Waals surface area (Å²) in [6, 6.07) is 9.74. The predicted octanol–water partition coefficient (Wildman–Crippen LogP) is 3.56. The van der Waals surface area contributed by atoms with Crippen LogP contribution in [0.4, 0.5) is 4.79 Å². The number of aromatic nitrogens is 2. The molecule has 1 heterocycles. The first-order valence-corrected chi connectivity index (χ1v) is 7.65. The Hall–Kier alpha value is -2.28. The minimum atomic E-state index is -0.680. The van der Waals surface area contributed by atoms with Gasteiger partial charge in [-0.2, -0.15) is 4.68 Å². The fourth-order valence-corrected chi connectivity index (χ4v) is 2.42. The van der Waals surface area contributed by atoms with E-state index in [2.05, 4.69) is 5.43 Å². The molecule has 0 unspecified atom stereocenters. The first-order valence-electron chi connectivity index (χ1n) is 7.24. The molecule has 6 nitrogen and oxygen atoms in total. The number of rotatable bonds is 3. The van der Waals surface area contributed by atoms with Crippen LogP contribution in [0.1, 0.15) is 32.0 Å². The van der Waals surface area contributed by atoms with Crippen LogP contribution in [0.5, 0.6) is 5.88 Å². The van der Waals surface area contributed by atoms with Crippen LogP contribution in [-0.2, 0) is 11.3 Å². The maximum atomic E-state index is 11.9. The van der Waals surface area contributed by atoms with Crippen molar-refractivity contribution in [1.82, 2.24) is 9.24 Å². The number of imidazole rings is 1. The molecule has 23 heavy (non-hydrogen) atoms. The van der Waals surface area contributed by atoms with E-state index in [4.69, 9.17) is 17.0 Å². The summed E-state index contributed by atoms with van der Waals surface area (Å²) in [4.78, 5) is 11.9. The number of carbonyl (C=O) groups is 1. The van der Waals surface area contributed by atoms with Gasteiger partial charge < -0.3 is 14.4 Å². The van der Waals surface area contributed by atoms with Gasteiger partial charge in [-0.15, -0.1) is 0 Å². The van der Waals surface area contributed by atoms with Crippen molar-refractivity contribution in [3.8, 4) is 5.88 Å². The van der Waals surface area contributed by atoms with Crippen LogP contribution < -0.4 is 5.43 Å². The van der Waals surface area contributed by atoms with Gasteiger partial charge in [0.1, 0.15) is 5.60 Å². The number of aromatic hydroxyl groups is 1. The van der Waals surface area contributed by atoms with Crippen molar-refractivity contribution < 1.29 is 14.6 Å². The van der Waals surface area contributed by atoms with Crippen LogP contribution in [0.2, 0.25) is 0 Å². The molecule has 0 saturated carbocycles. The second kappa shape index (κ2) is 6.45. The van der Waals surface area contributed by atoms with E-state index in [0.717, 1.165) is 10.2 Å². The molecule has 0 aliphatic heterocycles. The zero-order valence-corrected chi connectivity index (χ0v) is 14.5. The third-order valence-corrected chi connectivity index (χ3v) is 3.55. The topological polar surface area (TPSA) is 68.4 Å². The van der Waals surface area contributed by atoms with Crippen molar-refractivity contribution in [3.63, 3.8) is 0 Å². The van der Waals surface area contributed by atoms with Gasteiger partial charge in [0.25, 0.3) is 0 Å². The van der Waals surface area contributed by atoms with E-state index in [1.807, 2.05) is 30.3 Å². The molecule has 1 aromatic heterocycles. The van der Waals surface area contributed by atoms with Gasteiger partial charge in [-0.05, 0) is 45.5 Å². The quantitative estimate of drug-likeness (QED) is 0.842. The molecule has 2 rings (SSSR count). The first kappa shape index (κ1) is 17.1. The van der Waals surface area contributed by atoms with E-state index >= 15 is 0 Å². The van der Waals surface area contributed by atoms with E-state index in [0.29, 0.717) is 12.2 Å². The summed E-state index contributed by atoms with van der Waals surface area (Å²) < 4.78 is 8.37. The number of amides is 1. The van der Waals surface area contributed by atoms with E-state index in [9.17, 15) is 9.90 Å². The summed E-state index contributed by atoms with van der Waals surface area (Å²) in [5.41, 5.74) is 3.43. The summed E-state index contributed by atoms with van der Waals surface area (Å²) in [5, 5.41) is 10.2. The smallest absolute Gasteiger partial charge is 0.427 e. The molecule has 0 radical (unpaired) electrons. The number of carbonyl (C=O) groups excluding carboxylic acids is 1. The number of hydrogen-bond acceptors (Lipinski definition) is 4. The van der Waals surface area contributed by atoms with Crippen molar-refractivity contribution in [2.45, 2.75) is 39.8 Å². The SMILES string of the molecule is Cc1c(O)n(NC(=O)OC(C)(C)C)c(=S)n1Cc1ccccc1. The number of hydrogen-bond donors (Lipinski definition) is 2. The molecule has 0 aliphatic rings. The second-order valence-corrected chi connectivity index (χ2v) is 6.58. The van der Waals surface area contributed by atoms with Gasteiger partial charge >= 0.3 is 6.09 Å². The van der Waals surface area contributed by atoms with Crippen molar-refractivity contribution in [2.24, 2.45) is 0 Å². The zero-order valence-electron chi connectivity index (χ0n) is 13.7. The van der Waals surface area contributed by atoms with Crippen LogP contribution in [0.3, 0.4) is 0 Å². The van der Waals surface area contributed by atoms with E-state index in [1.54, 1.807) is 32.3 Å². The van der Waals surface area contributed by atoms with Crippen LogP contribution >= 0.6 is 12.2 Å². The minimum absolute atomic E-state index is 0.114. The third-order valence-electron chi connectivity index (χ3n) is 3.15. The first-order chi connectivity index (χ1) is 10.7. The molecular weight excluding hydrogens is 314 g/mol. The third kappa shape index (κ3) is 4.13. The fourth-order valence-electron chi connectivity index (χ4n) is 2.08. The van der Waals surface area contributed by atoms with Gasteiger partial charge in [-0.25, -0.2) is 10.2 Å². The molecule has 2 N–H and O–H groups in total. The second-order valence-electron chi connectivity index (χ2n) is 6.21. The molecule has 7 heteroatoms. The fraction of sp³-hybridized carbons (Fsp3) is 0.375. The number of ether oxygens (including phenoxy) is 1. The molecule has 0 atom stereocenters. The Labute approximate surface area is 140 Å². The number of nitrogens with one attached hydrogen (secondary N) is 1. The van der Waals surface area contributed by atoms with E-state index in [1.165, 1.54) is 0 Å². The molecule has 0 aliphatic carbocycles. The molecule has 0 saturated heterocycles. The monoisotopic (exact) mass is 335 g/mol. The van der Waals surface area contributed by atoms with Gasteiger partial charge in [0.15, 0.2) is 0 Å². The van der Waals surface area contributed by atoms with Crippen LogP contribution in [-0.4, -0.2) is 26.0 Å². The number of benzene rings is 1. The van der Waals surface area contributed by atoms with Crippen molar-refractivity contribution >= 4 is 18.3 Å². The number of nitrogens with zero attached hydrogens (tertiary/aromatic N) is 2. The maximum absolute atomic E-state index is 11.9. The highest BCUT2D eigenvalue weighted by molar-refractivity contribution is 7.71. The van der Waals surface area contributed by atoms with E-state index in [-0.39, 0.29) is 10.7 Å². The molecule has 0 spiro atoms. The Balaban J connectivity index is 2.28. The molecule has 124 valence electrons. The Bertz CT molecular complexity index is 757. The molecule has 1 amide bonds. The molecule has 2 aromatic rings. The highest BCUT2D eigenvalue weighted by Gasteiger charge is 2.20. The van der Waals surface area contributed by atoms with Crippen molar-refractivity contribution in [1.29, 1.82) is 0 Å². The zero-order chi connectivity index (χ0) is 17.2. The average Bonchev–Trinajstić information content (AvgIpc) is 2.64. The van der Waals surface area contributed by atoms with Crippen LogP contribution in [0.15, 0.2) is 30.3 Å². The summed E-state index contributed by atoms with van der Waals surface area (Å²) in [6.45, 7) is 7.52. The summed E-state index contributed by atoms with van der Waals surface area (Å²) in [6.07, 6.45) is -0.680. The highest BCUT2D eigenvalue weighted by Crippen LogP contribution is 2.20. The lowest BCUT2D eigenvalue weighted by Gasteiger charge is -2.19. The lowest BCUT2D eigenvalue weighted by molar-refractivity contribution is 0.0610. The largest absolute Gasteiger partial charge is 0.492 e. The Morgan fingerprint density at radius 2 is 1.91 bits per heavy atom. The van der Waals surface area contributed by atoms with Crippen LogP contribution in [0, 0.1) is 11.7 Å². The van der Waals surface area contributed by atoms with Crippen molar-refractivity contribution in [3.05, 3.63) is 46.4 Å². The average molecular weight is 335 g/mol. The maximum Gasteiger partial charge on any atom is 0.427 e.